The van der Waals surface area contributed by atoms with Crippen LogP contribution in [0.3, 0.4) is 0 Å². The van der Waals surface area contributed by atoms with E-state index in [4.69, 9.17) is 4.74 Å². The van der Waals surface area contributed by atoms with Crippen LogP contribution < -0.4 is 4.74 Å². The lowest BCUT2D eigenvalue weighted by atomic mass is 9.82. The lowest BCUT2D eigenvalue weighted by molar-refractivity contribution is 0.0286. The summed E-state index contributed by atoms with van der Waals surface area (Å²) in [6.07, 6.45) is 1.57. The van der Waals surface area contributed by atoms with Crippen molar-refractivity contribution in [2.24, 2.45) is 5.92 Å². The largest absolute Gasteiger partial charge is 0.496 e. The van der Waals surface area contributed by atoms with Crippen molar-refractivity contribution in [3.8, 4) is 5.75 Å². The summed E-state index contributed by atoms with van der Waals surface area (Å²) in [4.78, 5) is 14.2. The number of carbonyl (C=O) groups is 1. The fraction of sp³-hybridized carbons (Fsp3) is 0.533. The van der Waals surface area contributed by atoms with Crippen molar-refractivity contribution in [3.05, 3.63) is 29.8 Å². The number of Topliss-reactive ketones (excluding diaryl/α,β-unsaturated/α-hetero) is 1. The van der Waals surface area contributed by atoms with Crippen LogP contribution in [0, 0.1) is 5.92 Å². The highest BCUT2D eigenvalue weighted by atomic mass is 16.5. The Labute approximate surface area is 114 Å². The van der Waals surface area contributed by atoms with E-state index in [0.29, 0.717) is 23.8 Å². The number of aliphatic hydroxyl groups excluding tert-OH is 1. The van der Waals surface area contributed by atoms with E-state index in [1.54, 1.807) is 19.2 Å². The molecule has 0 spiro atoms. The number of carbonyl (C=O) groups excluding carboxylic acids is 1. The van der Waals surface area contributed by atoms with E-state index < -0.39 is 0 Å². The highest BCUT2D eigenvalue weighted by molar-refractivity contribution is 6.00. The van der Waals surface area contributed by atoms with Gasteiger partial charge >= 0.3 is 0 Å². The first-order valence-electron chi connectivity index (χ1n) is 6.63. The van der Waals surface area contributed by atoms with Crippen LogP contribution in [0.25, 0.3) is 0 Å². The van der Waals surface area contributed by atoms with Crippen molar-refractivity contribution < 1.29 is 14.6 Å². The van der Waals surface area contributed by atoms with Gasteiger partial charge in [-0.3, -0.25) is 9.69 Å². The molecule has 0 atom stereocenters. The lowest BCUT2D eigenvalue weighted by Crippen LogP contribution is -2.38. The van der Waals surface area contributed by atoms with Crippen LogP contribution >= 0.6 is 0 Å². The number of benzene rings is 1. The van der Waals surface area contributed by atoms with E-state index in [1.807, 2.05) is 24.1 Å². The minimum absolute atomic E-state index is 0.0693. The van der Waals surface area contributed by atoms with Gasteiger partial charge in [0.1, 0.15) is 5.75 Å². The van der Waals surface area contributed by atoms with E-state index in [9.17, 15) is 9.90 Å². The molecule has 1 aliphatic carbocycles. The number of ketones is 1. The molecule has 4 heteroatoms. The van der Waals surface area contributed by atoms with Crippen molar-refractivity contribution in [3.63, 3.8) is 0 Å². The molecule has 0 aliphatic heterocycles. The maximum Gasteiger partial charge on any atom is 0.180 e. The van der Waals surface area contributed by atoms with Crippen LogP contribution in [0.1, 0.15) is 23.2 Å². The minimum atomic E-state index is -0.136. The minimum Gasteiger partial charge on any atom is -0.496 e. The average molecular weight is 263 g/mol. The Balaban J connectivity index is 1.89. The quantitative estimate of drug-likeness (QED) is 0.792. The number of hydrogen-bond donors (Lipinski definition) is 1. The molecule has 19 heavy (non-hydrogen) atoms. The molecular weight excluding hydrogens is 242 g/mol. The Morgan fingerprint density at radius 2 is 2.11 bits per heavy atom. The standard InChI is InChI=1S/C15H21NO3/c1-16(9-11-7-12(17)8-11)10-14(18)13-5-3-4-6-15(13)19-2/h3-6,11-12,17H,7-10H2,1-2H3. The number of likely N-dealkylation sites (N-methyl/N-ethyl adjacent to an activating group) is 1. The van der Waals surface area contributed by atoms with E-state index >= 15 is 0 Å². The van der Waals surface area contributed by atoms with Gasteiger partial charge in [-0.15, -0.1) is 0 Å². The van der Waals surface area contributed by atoms with Gasteiger partial charge < -0.3 is 9.84 Å². The highest BCUT2D eigenvalue weighted by Gasteiger charge is 2.28. The summed E-state index contributed by atoms with van der Waals surface area (Å²) in [5, 5.41) is 9.26. The Bertz CT molecular complexity index is 441. The number of nitrogens with zero attached hydrogens (tertiary/aromatic N) is 1. The first-order valence-corrected chi connectivity index (χ1v) is 6.63. The van der Waals surface area contributed by atoms with Crippen molar-refractivity contribution in [2.45, 2.75) is 18.9 Å². The van der Waals surface area contributed by atoms with Gasteiger partial charge in [-0.05, 0) is 37.9 Å². The first-order chi connectivity index (χ1) is 9.10. The van der Waals surface area contributed by atoms with Crippen molar-refractivity contribution in [1.29, 1.82) is 0 Å². The van der Waals surface area contributed by atoms with Gasteiger partial charge in [-0.2, -0.15) is 0 Å². The maximum absolute atomic E-state index is 12.2. The molecule has 1 N–H and O–H groups in total. The van der Waals surface area contributed by atoms with E-state index in [2.05, 4.69) is 0 Å². The molecule has 1 aromatic carbocycles. The van der Waals surface area contributed by atoms with Crippen LogP contribution in [-0.2, 0) is 0 Å². The molecule has 1 aliphatic rings. The summed E-state index contributed by atoms with van der Waals surface area (Å²) in [7, 11) is 3.52. The fourth-order valence-corrected chi connectivity index (χ4v) is 2.56. The topological polar surface area (TPSA) is 49.8 Å². The normalized spacial score (nSPS) is 22.1. The second kappa shape index (κ2) is 6.17. The zero-order valence-electron chi connectivity index (χ0n) is 11.5. The Morgan fingerprint density at radius 1 is 1.42 bits per heavy atom. The van der Waals surface area contributed by atoms with Crippen LogP contribution in [0.2, 0.25) is 0 Å². The summed E-state index contributed by atoms with van der Waals surface area (Å²) in [6.45, 7) is 1.24. The number of ether oxygens (including phenoxy) is 1. The third-order valence-electron chi connectivity index (χ3n) is 3.60. The second-order valence-corrected chi connectivity index (χ2v) is 5.31. The molecule has 1 aromatic rings. The predicted octanol–water partition coefficient (Wildman–Crippen LogP) is 1.58. The number of hydrogen-bond acceptors (Lipinski definition) is 4. The molecule has 0 bridgehead atoms. The van der Waals surface area contributed by atoms with Crippen molar-refractivity contribution >= 4 is 5.78 Å². The molecule has 0 aromatic heterocycles. The van der Waals surface area contributed by atoms with Crippen LogP contribution in [-0.4, -0.2) is 49.1 Å². The molecular formula is C15H21NO3. The summed E-state index contributed by atoms with van der Waals surface area (Å²) < 4.78 is 5.20. The molecule has 2 rings (SSSR count). The summed E-state index contributed by atoms with van der Waals surface area (Å²) in [5.74, 6) is 1.21. The Morgan fingerprint density at radius 3 is 2.74 bits per heavy atom. The van der Waals surface area contributed by atoms with Gasteiger partial charge in [0.2, 0.25) is 0 Å². The lowest BCUT2D eigenvalue weighted by Gasteiger charge is -2.34. The summed E-state index contributed by atoms with van der Waals surface area (Å²) in [6, 6.07) is 7.30. The number of rotatable bonds is 6. The Hall–Kier alpha value is -1.39. The van der Waals surface area contributed by atoms with E-state index in [1.165, 1.54) is 0 Å². The zero-order chi connectivity index (χ0) is 13.8. The number of para-hydroxylation sites is 1. The first kappa shape index (κ1) is 14.0. The maximum atomic E-state index is 12.2. The molecule has 0 saturated heterocycles. The van der Waals surface area contributed by atoms with Crippen molar-refractivity contribution in [2.75, 3.05) is 27.2 Å². The molecule has 0 unspecified atom stereocenters. The molecule has 0 amide bonds. The van der Waals surface area contributed by atoms with Crippen molar-refractivity contribution in [1.82, 2.24) is 4.90 Å². The van der Waals surface area contributed by atoms with E-state index in [0.717, 1.165) is 19.4 Å². The average Bonchev–Trinajstić information content (AvgIpc) is 2.36. The summed E-state index contributed by atoms with van der Waals surface area (Å²) >= 11 is 0. The highest BCUT2D eigenvalue weighted by Crippen LogP contribution is 2.27. The van der Waals surface area contributed by atoms with Crippen LogP contribution in [0.4, 0.5) is 0 Å². The van der Waals surface area contributed by atoms with Crippen LogP contribution in [0.5, 0.6) is 5.75 Å². The van der Waals surface area contributed by atoms with Gasteiger partial charge in [0.05, 0.1) is 25.3 Å². The van der Waals surface area contributed by atoms with E-state index in [-0.39, 0.29) is 11.9 Å². The van der Waals surface area contributed by atoms with Crippen LogP contribution in [0.15, 0.2) is 24.3 Å². The van der Waals surface area contributed by atoms with Gasteiger partial charge in [-0.25, -0.2) is 0 Å². The molecule has 1 saturated carbocycles. The predicted molar refractivity (Wildman–Crippen MR) is 73.6 cm³/mol. The molecule has 0 heterocycles. The third kappa shape index (κ3) is 3.55. The molecule has 0 radical (unpaired) electrons. The Kier molecular flexibility index (Phi) is 4.56. The number of aliphatic hydroxyl groups is 1. The molecule has 4 nitrogen and oxygen atoms in total. The summed E-state index contributed by atoms with van der Waals surface area (Å²) in [5.41, 5.74) is 0.630. The number of methoxy groups -OCH3 is 1. The van der Waals surface area contributed by atoms with Gasteiger partial charge in [0.25, 0.3) is 0 Å². The SMILES string of the molecule is COc1ccccc1C(=O)CN(C)CC1CC(O)C1. The second-order valence-electron chi connectivity index (χ2n) is 5.31. The van der Waals surface area contributed by atoms with Gasteiger partial charge in [0.15, 0.2) is 5.78 Å². The molecule has 104 valence electrons. The van der Waals surface area contributed by atoms with Gasteiger partial charge in [0, 0.05) is 6.54 Å². The third-order valence-corrected chi connectivity index (χ3v) is 3.60. The smallest absolute Gasteiger partial charge is 0.180 e. The van der Waals surface area contributed by atoms with Gasteiger partial charge in [-0.1, -0.05) is 12.1 Å². The molecule has 1 fully saturated rings. The fourth-order valence-electron chi connectivity index (χ4n) is 2.56. The monoisotopic (exact) mass is 263 g/mol. The zero-order valence-corrected chi connectivity index (χ0v) is 11.5.